The molecule has 1 aromatic rings. The van der Waals surface area contributed by atoms with Crippen molar-refractivity contribution in [1.82, 2.24) is 5.32 Å². The van der Waals surface area contributed by atoms with Gasteiger partial charge in [0.2, 0.25) is 5.91 Å². The first-order chi connectivity index (χ1) is 11.5. The fourth-order valence-electron chi connectivity index (χ4n) is 2.41. The third kappa shape index (κ3) is 5.96. The Hall–Kier alpha value is -1.68. The van der Waals surface area contributed by atoms with Gasteiger partial charge in [0, 0.05) is 0 Å². The summed E-state index contributed by atoms with van der Waals surface area (Å²) in [5, 5.41) is 1.98. The number of hydrogen-bond acceptors (Lipinski definition) is 4. The van der Waals surface area contributed by atoms with Crippen LogP contribution in [0.15, 0.2) is 24.3 Å². The fraction of sp³-hybridized carbons (Fsp3) is 0.533. The molecule has 0 bridgehead atoms. The Morgan fingerprint density at radius 3 is 2.24 bits per heavy atom. The number of carbonyl (C=O) groups excluding carboxylic acids is 1. The lowest BCUT2D eigenvalue weighted by molar-refractivity contribution is -0.160. The molecule has 140 valence electrons. The zero-order valence-corrected chi connectivity index (χ0v) is 13.9. The number of primary amides is 1. The quantitative estimate of drug-likeness (QED) is 0.670. The van der Waals surface area contributed by atoms with Crippen LogP contribution in [0.1, 0.15) is 24.4 Å². The van der Waals surface area contributed by atoms with Crippen LogP contribution in [0, 0.1) is 11.7 Å². The summed E-state index contributed by atoms with van der Waals surface area (Å²) in [6, 6.07) is -0.534. The topological polar surface area (TPSA) is 89.3 Å². The third-order valence-electron chi connectivity index (χ3n) is 3.85. The molecule has 1 aromatic carbocycles. The van der Waals surface area contributed by atoms with Crippen LogP contribution in [0.25, 0.3) is 0 Å². The molecule has 2 atom stereocenters. The molecule has 0 unspecified atom stereocenters. The van der Waals surface area contributed by atoms with Crippen molar-refractivity contribution in [2.75, 3.05) is 11.5 Å². The molecule has 25 heavy (non-hydrogen) atoms. The van der Waals surface area contributed by atoms with E-state index in [0.29, 0.717) is 0 Å². The van der Waals surface area contributed by atoms with Crippen molar-refractivity contribution in [3.05, 3.63) is 35.6 Å². The number of rotatable bonds is 8. The van der Waals surface area contributed by atoms with E-state index in [0.717, 1.165) is 37.1 Å². The van der Waals surface area contributed by atoms with Gasteiger partial charge in [-0.15, -0.1) is 0 Å². The van der Waals surface area contributed by atoms with Gasteiger partial charge in [-0.1, -0.05) is 12.1 Å². The van der Waals surface area contributed by atoms with Gasteiger partial charge in [-0.25, -0.2) is 12.8 Å². The number of nitrogens with two attached hydrogens (primary N) is 1. The van der Waals surface area contributed by atoms with Gasteiger partial charge in [0.15, 0.2) is 9.84 Å². The summed E-state index contributed by atoms with van der Waals surface area (Å²) >= 11 is 0. The van der Waals surface area contributed by atoms with Crippen LogP contribution in [0.3, 0.4) is 0 Å². The SMILES string of the molecule is NC(=O)[C@H](CS(=O)(=O)CC1CC1)N[C@@H](c1ccc(F)cc1)C(F)(F)F. The summed E-state index contributed by atoms with van der Waals surface area (Å²) in [5.41, 5.74) is 4.74. The summed E-state index contributed by atoms with van der Waals surface area (Å²) in [4.78, 5) is 11.5. The van der Waals surface area contributed by atoms with Gasteiger partial charge in [0.05, 0.1) is 11.5 Å². The lowest BCUT2D eigenvalue weighted by Gasteiger charge is -2.26. The van der Waals surface area contributed by atoms with E-state index in [1.54, 1.807) is 0 Å². The molecule has 10 heteroatoms. The van der Waals surface area contributed by atoms with Crippen molar-refractivity contribution in [2.24, 2.45) is 11.7 Å². The van der Waals surface area contributed by atoms with Crippen molar-refractivity contribution in [3.63, 3.8) is 0 Å². The monoisotopic (exact) mass is 382 g/mol. The van der Waals surface area contributed by atoms with E-state index in [2.05, 4.69) is 0 Å². The highest BCUT2D eigenvalue weighted by atomic mass is 32.2. The van der Waals surface area contributed by atoms with Gasteiger partial charge in [0.25, 0.3) is 0 Å². The minimum absolute atomic E-state index is 0.00552. The van der Waals surface area contributed by atoms with Crippen LogP contribution in [0.5, 0.6) is 0 Å². The second-order valence-corrected chi connectivity index (χ2v) is 8.32. The Labute approximate surface area is 142 Å². The maximum atomic E-state index is 13.3. The maximum absolute atomic E-state index is 13.3. The number of amides is 1. The van der Waals surface area contributed by atoms with Gasteiger partial charge >= 0.3 is 6.18 Å². The number of carbonyl (C=O) groups is 1. The molecule has 1 aliphatic carbocycles. The molecular formula is C15H18F4N2O3S. The number of nitrogens with one attached hydrogen (secondary N) is 1. The summed E-state index contributed by atoms with van der Waals surface area (Å²) < 4.78 is 77.0. The second-order valence-electron chi connectivity index (χ2n) is 6.17. The molecule has 0 spiro atoms. The Morgan fingerprint density at radius 1 is 1.24 bits per heavy atom. The highest BCUT2D eigenvalue weighted by Gasteiger charge is 2.43. The molecule has 2 rings (SSSR count). The first kappa shape index (κ1) is 19.6. The molecular weight excluding hydrogens is 364 g/mol. The predicted molar refractivity (Wildman–Crippen MR) is 82.7 cm³/mol. The molecule has 0 heterocycles. The molecule has 0 aromatic heterocycles. The van der Waals surface area contributed by atoms with Gasteiger partial charge in [-0.3, -0.25) is 10.1 Å². The number of benzene rings is 1. The molecule has 1 amide bonds. The van der Waals surface area contributed by atoms with Gasteiger partial charge in [-0.05, 0) is 36.5 Å². The van der Waals surface area contributed by atoms with Crippen LogP contribution in [0.4, 0.5) is 17.6 Å². The predicted octanol–water partition coefficient (Wildman–Crippen LogP) is 1.70. The smallest absolute Gasteiger partial charge is 0.368 e. The fourth-order valence-corrected chi connectivity index (χ4v) is 4.37. The first-order valence-corrected chi connectivity index (χ1v) is 9.38. The van der Waals surface area contributed by atoms with Crippen molar-refractivity contribution >= 4 is 15.7 Å². The van der Waals surface area contributed by atoms with Crippen LogP contribution in [-0.2, 0) is 14.6 Å². The largest absolute Gasteiger partial charge is 0.407 e. The number of halogens is 4. The van der Waals surface area contributed by atoms with Crippen molar-refractivity contribution < 1.29 is 30.8 Å². The van der Waals surface area contributed by atoms with E-state index in [1.807, 2.05) is 5.32 Å². The standard InChI is InChI=1S/C15H18F4N2O3S/c16-11-5-3-10(4-6-11)13(15(17,18)19)21-12(14(20)22)8-25(23,24)7-9-1-2-9/h3-6,9,12-13,21H,1-2,7-8H2,(H2,20,22)/t12-,13-/m0/s1. The third-order valence-corrected chi connectivity index (χ3v) is 5.67. The van der Waals surface area contributed by atoms with Crippen LogP contribution in [0.2, 0.25) is 0 Å². The molecule has 1 fully saturated rings. The van der Waals surface area contributed by atoms with E-state index in [-0.39, 0.29) is 17.2 Å². The van der Waals surface area contributed by atoms with Gasteiger partial charge in [0.1, 0.15) is 17.9 Å². The molecule has 0 saturated heterocycles. The minimum Gasteiger partial charge on any atom is -0.368 e. The highest BCUT2D eigenvalue weighted by molar-refractivity contribution is 7.91. The average Bonchev–Trinajstić information content (AvgIpc) is 3.26. The second kappa shape index (κ2) is 7.28. The zero-order chi connectivity index (χ0) is 18.8. The normalized spacial score (nSPS) is 17.9. The van der Waals surface area contributed by atoms with E-state index in [4.69, 9.17) is 5.73 Å². The molecule has 5 nitrogen and oxygen atoms in total. The summed E-state index contributed by atoms with van der Waals surface area (Å²) in [7, 11) is -3.73. The highest BCUT2D eigenvalue weighted by Crippen LogP contribution is 2.34. The number of hydrogen-bond donors (Lipinski definition) is 2. The molecule has 0 radical (unpaired) electrons. The van der Waals surface area contributed by atoms with E-state index in [1.165, 1.54) is 0 Å². The summed E-state index contributed by atoms with van der Waals surface area (Å²) in [5.74, 6) is -2.91. The van der Waals surface area contributed by atoms with Crippen LogP contribution >= 0.6 is 0 Å². The summed E-state index contributed by atoms with van der Waals surface area (Å²) in [6.07, 6.45) is -3.34. The molecule has 1 saturated carbocycles. The number of sulfone groups is 1. The summed E-state index contributed by atoms with van der Waals surface area (Å²) in [6.45, 7) is 0. The average molecular weight is 382 g/mol. The zero-order valence-electron chi connectivity index (χ0n) is 13.1. The van der Waals surface area contributed by atoms with E-state index < -0.39 is 45.6 Å². The van der Waals surface area contributed by atoms with Crippen LogP contribution < -0.4 is 11.1 Å². The minimum atomic E-state index is -4.83. The number of alkyl halides is 3. The van der Waals surface area contributed by atoms with E-state index >= 15 is 0 Å². The van der Waals surface area contributed by atoms with Gasteiger partial charge in [-0.2, -0.15) is 13.2 Å². The van der Waals surface area contributed by atoms with Gasteiger partial charge < -0.3 is 5.73 Å². The Bertz CT molecular complexity index is 715. The molecule has 0 aliphatic heterocycles. The Kier molecular flexibility index (Phi) is 5.72. The van der Waals surface area contributed by atoms with E-state index in [9.17, 15) is 30.8 Å². The molecule has 3 N–H and O–H groups in total. The Morgan fingerprint density at radius 2 is 1.80 bits per heavy atom. The van der Waals surface area contributed by atoms with Crippen molar-refractivity contribution in [1.29, 1.82) is 0 Å². The van der Waals surface area contributed by atoms with Crippen LogP contribution in [-0.4, -0.2) is 38.0 Å². The Balaban J connectivity index is 2.20. The molecule has 1 aliphatic rings. The van der Waals surface area contributed by atoms with Crippen molar-refractivity contribution in [3.8, 4) is 0 Å². The lowest BCUT2D eigenvalue weighted by atomic mass is 10.1. The lowest BCUT2D eigenvalue weighted by Crippen LogP contribution is -2.50. The van der Waals surface area contributed by atoms with Crippen molar-refractivity contribution in [2.45, 2.75) is 31.1 Å². The maximum Gasteiger partial charge on any atom is 0.407 e. The first-order valence-electron chi connectivity index (χ1n) is 7.56.